The number of nitrogens with zero attached hydrogens (tertiary/aromatic N) is 2. The maximum atomic E-state index is 13.3. The van der Waals surface area contributed by atoms with Gasteiger partial charge in [-0.15, -0.1) is 11.8 Å². The number of hydrogen-bond acceptors (Lipinski definition) is 6. The Labute approximate surface area is 176 Å². The van der Waals surface area contributed by atoms with Crippen molar-refractivity contribution < 1.29 is 17.9 Å². The van der Waals surface area contributed by atoms with Gasteiger partial charge in [0.2, 0.25) is 0 Å². The molecule has 0 radical (unpaired) electrons. The molecule has 0 aliphatic heterocycles. The zero-order valence-corrected chi connectivity index (χ0v) is 18.5. The van der Waals surface area contributed by atoms with Gasteiger partial charge in [-0.05, 0) is 75.6 Å². The number of benzene rings is 2. The van der Waals surface area contributed by atoms with Crippen molar-refractivity contribution in [1.29, 1.82) is 0 Å². The molecule has 0 aliphatic carbocycles. The first-order valence-electron chi connectivity index (χ1n) is 8.97. The molecule has 0 spiro atoms. The van der Waals surface area contributed by atoms with Gasteiger partial charge in [0, 0.05) is 10.6 Å². The molecular formula is C20H25N3O4S2. The van der Waals surface area contributed by atoms with E-state index in [0.717, 1.165) is 9.20 Å². The van der Waals surface area contributed by atoms with Gasteiger partial charge in [-0.2, -0.15) is 5.10 Å². The van der Waals surface area contributed by atoms with Gasteiger partial charge < -0.3 is 4.74 Å². The number of carbonyl (C=O) groups excluding carboxylic acids is 1. The molecule has 2 rings (SSSR count). The lowest BCUT2D eigenvalue weighted by molar-refractivity contribution is -0.119. The quantitative estimate of drug-likeness (QED) is 0.370. The standard InChI is InChI=1S/C20H25N3O4S2/c1-5-27-17-8-6-16(7-9-17)23(14-20(24)22-21-15(2)3)29(25,26)19-12-10-18(28-4)11-13-19/h6-13H,5,14H2,1-4H3,(H,22,24). The summed E-state index contributed by atoms with van der Waals surface area (Å²) in [4.78, 5) is 13.4. The molecule has 0 saturated carbocycles. The first-order valence-corrected chi connectivity index (χ1v) is 11.6. The van der Waals surface area contributed by atoms with Crippen molar-refractivity contribution in [2.75, 3.05) is 23.7 Å². The number of thioether (sulfide) groups is 1. The SMILES string of the molecule is CCOc1ccc(N(CC(=O)NN=C(C)C)S(=O)(=O)c2ccc(SC)cc2)cc1. The van der Waals surface area contributed by atoms with E-state index in [1.165, 1.54) is 23.9 Å². The minimum absolute atomic E-state index is 0.104. The third-order valence-electron chi connectivity index (χ3n) is 3.77. The fourth-order valence-corrected chi connectivity index (χ4v) is 4.23. The Morgan fingerprint density at radius 2 is 1.72 bits per heavy atom. The number of ether oxygens (including phenoxy) is 1. The summed E-state index contributed by atoms with van der Waals surface area (Å²) in [5.74, 6) is 0.0815. The second-order valence-corrected chi connectivity index (χ2v) is 8.95. The Kier molecular flexibility index (Phi) is 8.10. The molecule has 1 N–H and O–H groups in total. The van der Waals surface area contributed by atoms with Crippen molar-refractivity contribution in [2.24, 2.45) is 5.10 Å². The Bertz CT molecular complexity index is 952. The van der Waals surface area contributed by atoms with Gasteiger partial charge in [0.05, 0.1) is 17.2 Å². The minimum Gasteiger partial charge on any atom is -0.494 e. The molecule has 0 saturated heterocycles. The van der Waals surface area contributed by atoms with Crippen LogP contribution in [0.2, 0.25) is 0 Å². The van der Waals surface area contributed by atoms with Gasteiger partial charge in [-0.25, -0.2) is 13.8 Å². The second kappa shape index (κ2) is 10.3. The summed E-state index contributed by atoms with van der Waals surface area (Å²) < 4.78 is 33.1. The molecule has 1 amide bonds. The van der Waals surface area contributed by atoms with E-state index >= 15 is 0 Å². The fraction of sp³-hybridized carbons (Fsp3) is 0.300. The molecule has 0 aliphatic rings. The van der Waals surface area contributed by atoms with Gasteiger partial charge in [-0.3, -0.25) is 9.10 Å². The summed E-state index contributed by atoms with van der Waals surface area (Å²) in [7, 11) is -3.96. The van der Waals surface area contributed by atoms with Crippen LogP contribution in [0.5, 0.6) is 5.75 Å². The summed E-state index contributed by atoms with van der Waals surface area (Å²) in [5.41, 5.74) is 3.38. The molecule has 7 nitrogen and oxygen atoms in total. The van der Waals surface area contributed by atoms with E-state index in [-0.39, 0.29) is 4.90 Å². The average molecular weight is 436 g/mol. The highest BCUT2D eigenvalue weighted by Crippen LogP contribution is 2.27. The van der Waals surface area contributed by atoms with Gasteiger partial charge in [0.1, 0.15) is 12.3 Å². The molecule has 156 valence electrons. The van der Waals surface area contributed by atoms with Crippen LogP contribution in [0.25, 0.3) is 0 Å². The number of hydrogen-bond donors (Lipinski definition) is 1. The van der Waals surface area contributed by atoms with Crippen LogP contribution in [-0.4, -0.2) is 39.4 Å². The number of hydrazone groups is 1. The second-order valence-electron chi connectivity index (χ2n) is 6.21. The first kappa shape index (κ1) is 22.8. The van der Waals surface area contributed by atoms with Crippen LogP contribution in [0.3, 0.4) is 0 Å². The lowest BCUT2D eigenvalue weighted by Crippen LogP contribution is -2.39. The van der Waals surface area contributed by atoms with Crippen LogP contribution >= 0.6 is 11.8 Å². The average Bonchev–Trinajstić information content (AvgIpc) is 2.71. The molecule has 0 atom stereocenters. The normalized spacial score (nSPS) is 10.9. The van der Waals surface area contributed by atoms with E-state index in [0.29, 0.717) is 23.8 Å². The minimum atomic E-state index is -3.96. The number of rotatable bonds is 9. The number of sulfonamides is 1. The maximum absolute atomic E-state index is 13.3. The van der Waals surface area contributed by atoms with E-state index in [1.54, 1.807) is 50.2 Å². The molecule has 0 heterocycles. The van der Waals surface area contributed by atoms with Crippen LogP contribution in [0.15, 0.2) is 63.4 Å². The molecule has 29 heavy (non-hydrogen) atoms. The van der Waals surface area contributed by atoms with Crippen LogP contribution in [0.4, 0.5) is 5.69 Å². The van der Waals surface area contributed by atoms with Gasteiger partial charge in [-0.1, -0.05) is 0 Å². The van der Waals surface area contributed by atoms with E-state index in [1.807, 2.05) is 13.2 Å². The zero-order valence-electron chi connectivity index (χ0n) is 16.9. The number of amides is 1. The van der Waals surface area contributed by atoms with Gasteiger partial charge in [0.25, 0.3) is 15.9 Å². The maximum Gasteiger partial charge on any atom is 0.264 e. The summed E-state index contributed by atoms with van der Waals surface area (Å²) >= 11 is 1.52. The lowest BCUT2D eigenvalue weighted by atomic mass is 10.3. The van der Waals surface area contributed by atoms with Crippen molar-refractivity contribution in [3.05, 3.63) is 48.5 Å². The van der Waals surface area contributed by atoms with Gasteiger partial charge >= 0.3 is 0 Å². The Morgan fingerprint density at radius 3 is 2.24 bits per heavy atom. The topological polar surface area (TPSA) is 88.1 Å². The summed E-state index contributed by atoms with van der Waals surface area (Å²) in [6.45, 7) is 5.42. The monoisotopic (exact) mass is 435 g/mol. The number of carbonyl (C=O) groups is 1. The van der Waals surface area contributed by atoms with Crippen LogP contribution in [-0.2, 0) is 14.8 Å². The van der Waals surface area contributed by atoms with Crippen molar-refractivity contribution in [1.82, 2.24) is 5.43 Å². The van der Waals surface area contributed by atoms with Crippen molar-refractivity contribution in [3.8, 4) is 5.75 Å². The molecule has 2 aromatic rings. The Balaban J connectivity index is 2.41. The molecule has 9 heteroatoms. The molecule has 0 unspecified atom stereocenters. The predicted molar refractivity (Wildman–Crippen MR) is 117 cm³/mol. The van der Waals surface area contributed by atoms with Crippen molar-refractivity contribution >= 4 is 39.1 Å². The molecule has 2 aromatic carbocycles. The van der Waals surface area contributed by atoms with Gasteiger partial charge in [0.15, 0.2) is 0 Å². The summed E-state index contributed by atoms with van der Waals surface area (Å²) in [6.07, 6.45) is 1.91. The van der Waals surface area contributed by atoms with Crippen LogP contribution in [0.1, 0.15) is 20.8 Å². The Morgan fingerprint density at radius 1 is 1.10 bits per heavy atom. The zero-order chi connectivity index (χ0) is 21.4. The number of nitrogens with one attached hydrogen (secondary N) is 1. The lowest BCUT2D eigenvalue weighted by Gasteiger charge is -2.24. The van der Waals surface area contributed by atoms with E-state index in [9.17, 15) is 13.2 Å². The summed E-state index contributed by atoms with van der Waals surface area (Å²) in [5, 5.41) is 3.86. The first-order chi connectivity index (χ1) is 13.8. The smallest absolute Gasteiger partial charge is 0.264 e. The molecular weight excluding hydrogens is 410 g/mol. The van der Waals surface area contributed by atoms with E-state index in [4.69, 9.17) is 4.74 Å². The highest BCUT2D eigenvalue weighted by atomic mass is 32.2. The predicted octanol–water partition coefficient (Wildman–Crippen LogP) is 3.51. The van der Waals surface area contributed by atoms with Crippen LogP contribution < -0.4 is 14.5 Å². The highest BCUT2D eigenvalue weighted by Gasteiger charge is 2.27. The number of anilines is 1. The van der Waals surface area contributed by atoms with E-state index in [2.05, 4.69) is 10.5 Å². The summed E-state index contributed by atoms with van der Waals surface area (Å²) in [6, 6.07) is 13.1. The van der Waals surface area contributed by atoms with Crippen molar-refractivity contribution in [3.63, 3.8) is 0 Å². The molecule has 0 fully saturated rings. The van der Waals surface area contributed by atoms with Crippen LogP contribution in [0, 0.1) is 0 Å². The molecule has 0 aromatic heterocycles. The Hall–Kier alpha value is -2.52. The van der Waals surface area contributed by atoms with E-state index < -0.39 is 22.5 Å². The third kappa shape index (κ3) is 6.23. The highest BCUT2D eigenvalue weighted by molar-refractivity contribution is 7.98. The third-order valence-corrected chi connectivity index (χ3v) is 6.31. The van der Waals surface area contributed by atoms with Crippen molar-refractivity contribution in [2.45, 2.75) is 30.6 Å². The largest absolute Gasteiger partial charge is 0.494 e. The fourth-order valence-electron chi connectivity index (χ4n) is 2.41. The molecule has 0 bridgehead atoms.